The Morgan fingerprint density at radius 3 is 2.56 bits per heavy atom. The number of carbonyl (C=O) groups excluding carboxylic acids is 1. The van der Waals surface area contributed by atoms with Crippen LogP contribution in [0.15, 0.2) is 30.3 Å². The number of aliphatic hydroxyl groups is 1. The molecule has 0 saturated carbocycles. The fraction of sp³-hybridized carbons (Fsp3) is 0.533. The Hall–Kier alpha value is -1.35. The van der Waals surface area contributed by atoms with Gasteiger partial charge in [0.2, 0.25) is 5.91 Å². The van der Waals surface area contributed by atoms with Crippen LogP contribution in [-0.2, 0) is 4.79 Å². The summed E-state index contributed by atoms with van der Waals surface area (Å²) in [6.45, 7) is 4.82. The molecule has 0 heterocycles. The number of aliphatic hydroxyl groups excluding tert-OH is 1. The van der Waals surface area contributed by atoms with E-state index >= 15 is 0 Å². The molecule has 2 N–H and O–H groups in total. The number of benzene rings is 1. The second-order valence-electron chi connectivity index (χ2n) is 4.66. The molecule has 2 atom stereocenters. The lowest BCUT2D eigenvalue weighted by molar-refractivity contribution is -0.122. The Morgan fingerprint density at radius 1 is 1.33 bits per heavy atom. The molecule has 2 unspecified atom stereocenters. The van der Waals surface area contributed by atoms with E-state index in [0.717, 1.165) is 18.4 Å². The lowest BCUT2D eigenvalue weighted by Crippen LogP contribution is -2.32. The summed E-state index contributed by atoms with van der Waals surface area (Å²) in [5.41, 5.74) is 1.03. The maximum absolute atomic E-state index is 12.0. The molecular formula is C15H23NO2. The summed E-state index contributed by atoms with van der Waals surface area (Å²) < 4.78 is 0. The van der Waals surface area contributed by atoms with Gasteiger partial charge in [-0.25, -0.2) is 0 Å². The third kappa shape index (κ3) is 4.49. The number of hydrogen-bond donors (Lipinski definition) is 2. The molecule has 100 valence electrons. The quantitative estimate of drug-likeness (QED) is 0.779. The molecule has 0 fully saturated rings. The molecule has 0 spiro atoms. The average molecular weight is 249 g/mol. The molecule has 0 aliphatic rings. The van der Waals surface area contributed by atoms with Crippen LogP contribution < -0.4 is 5.32 Å². The number of carbonyl (C=O) groups is 1. The van der Waals surface area contributed by atoms with Crippen molar-refractivity contribution >= 4 is 5.91 Å². The minimum Gasteiger partial charge on any atom is -0.396 e. The SMILES string of the molecule is CCC(CCO)CNC(=O)C(C)c1ccccc1. The van der Waals surface area contributed by atoms with Crippen molar-refractivity contribution < 1.29 is 9.90 Å². The molecule has 3 heteroatoms. The summed E-state index contributed by atoms with van der Waals surface area (Å²) >= 11 is 0. The summed E-state index contributed by atoms with van der Waals surface area (Å²) in [5, 5.41) is 11.9. The summed E-state index contributed by atoms with van der Waals surface area (Å²) in [7, 11) is 0. The first kappa shape index (κ1) is 14.7. The van der Waals surface area contributed by atoms with E-state index in [2.05, 4.69) is 12.2 Å². The van der Waals surface area contributed by atoms with Crippen LogP contribution in [0.1, 0.15) is 38.2 Å². The largest absolute Gasteiger partial charge is 0.396 e. The lowest BCUT2D eigenvalue weighted by Gasteiger charge is -2.17. The van der Waals surface area contributed by atoms with E-state index in [1.807, 2.05) is 37.3 Å². The van der Waals surface area contributed by atoms with E-state index in [4.69, 9.17) is 5.11 Å². The number of amides is 1. The van der Waals surface area contributed by atoms with Crippen LogP contribution in [0.25, 0.3) is 0 Å². The normalized spacial score (nSPS) is 13.9. The molecule has 18 heavy (non-hydrogen) atoms. The first-order valence-electron chi connectivity index (χ1n) is 6.62. The maximum atomic E-state index is 12.0. The van der Waals surface area contributed by atoms with Gasteiger partial charge >= 0.3 is 0 Å². The van der Waals surface area contributed by atoms with Crippen LogP contribution in [0.4, 0.5) is 0 Å². The van der Waals surface area contributed by atoms with Gasteiger partial charge in [0.15, 0.2) is 0 Å². The van der Waals surface area contributed by atoms with Crippen LogP contribution in [0.3, 0.4) is 0 Å². The van der Waals surface area contributed by atoms with Crippen molar-refractivity contribution in [3.05, 3.63) is 35.9 Å². The average Bonchev–Trinajstić information content (AvgIpc) is 2.43. The second-order valence-corrected chi connectivity index (χ2v) is 4.66. The number of rotatable bonds is 7. The van der Waals surface area contributed by atoms with Gasteiger partial charge in [0, 0.05) is 13.2 Å². The van der Waals surface area contributed by atoms with Gasteiger partial charge in [-0.2, -0.15) is 0 Å². The molecular weight excluding hydrogens is 226 g/mol. The zero-order valence-electron chi connectivity index (χ0n) is 11.2. The highest BCUT2D eigenvalue weighted by atomic mass is 16.3. The fourth-order valence-electron chi connectivity index (χ4n) is 1.92. The monoisotopic (exact) mass is 249 g/mol. The minimum atomic E-state index is -0.127. The maximum Gasteiger partial charge on any atom is 0.227 e. The third-order valence-corrected chi connectivity index (χ3v) is 3.37. The van der Waals surface area contributed by atoms with Crippen molar-refractivity contribution in [1.29, 1.82) is 0 Å². The topological polar surface area (TPSA) is 49.3 Å². The van der Waals surface area contributed by atoms with E-state index in [-0.39, 0.29) is 18.4 Å². The predicted octanol–water partition coefficient (Wildman–Crippen LogP) is 2.31. The van der Waals surface area contributed by atoms with Crippen LogP contribution in [0, 0.1) is 5.92 Å². The molecule has 0 aliphatic carbocycles. The van der Waals surface area contributed by atoms with E-state index in [1.54, 1.807) is 0 Å². The summed E-state index contributed by atoms with van der Waals surface area (Å²) in [6.07, 6.45) is 1.72. The Kier molecular flexibility index (Phi) is 6.44. The van der Waals surface area contributed by atoms with E-state index < -0.39 is 0 Å². The van der Waals surface area contributed by atoms with Gasteiger partial charge in [-0.1, -0.05) is 43.7 Å². The van der Waals surface area contributed by atoms with Crippen molar-refractivity contribution in [1.82, 2.24) is 5.32 Å². The van der Waals surface area contributed by atoms with Crippen LogP contribution in [0.2, 0.25) is 0 Å². The molecule has 0 aliphatic heterocycles. The first-order valence-corrected chi connectivity index (χ1v) is 6.62. The molecule has 1 rings (SSSR count). The van der Waals surface area contributed by atoms with Crippen molar-refractivity contribution in [3.63, 3.8) is 0 Å². The molecule has 0 bridgehead atoms. The molecule has 1 aromatic rings. The Morgan fingerprint density at radius 2 is 2.00 bits per heavy atom. The Balaban J connectivity index is 2.45. The van der Waals surface area contributed by atoms with Gasteiger partial charge in [-0.05, 0) is 24.8 Å². The van der Waals surface area contributed by atoms with Gasteiger partial charge < -0.3 is 10.4 Å². The number of nitrogens with one attached hydrogen (secondary N) is 1. The number of hydrogen-bond acceptors (Lipinski definition) is 2. The smallest absolute Gasteiger partial charge is 0.227 e. The van der Waals surface area contributed by atoms with Crippen molar-refractivity contribution in [2.45, 2.75) is 32.6 Å². The summed E-state index contributed by atoms with van der Waals surface area (Å²) in [4.78, 5) is 12.0. The van der Waals surface area contributed by atoms with Crippen molar-refractivity contribution in [3.8, 4) is 0 Å². The summed E-state index contributed by atoms with van der Waals surface area (Å²) in [5.74, 6) is 0.289. The highest BCUT2D eigenvalue weighted by Crippen LogP contribution is 2.15. The standard InChI is InChI=1S/C15H23NO2/c1-3-13(9-10-17)11-16-15(18)12(2)14-7-5-4-6-8-14/h4-8,12-13,17H,3,9-11H2,1-2H3,(H,16,18). The van der Waals surface area contributed by atoms with Crippen molar-refractivity contribution in [2.75, 3.05) is 13.2 Å². The molecule has 1 amide bonds. The van der Waals surface area contributed by atoms with Gasteiger partial charge in [-0.15, -0.1) is 0 Å². The Labute approximate surface area is 109 Å². The molecule has 3 nitrogen and oxygen atoms in total. The van der Waals surface area contributed by atoms with Gasteiger partial charge in [0.25, 0.3) is 0 Å². The van der Waals surface area contributed by atoms with Crippen molar-refractivity contribution in [2.24, 2.45) is 5.92 Å². The predicted molar refractivity (Wildman–Crippen MR) is 73.4 cm³/mol. The van der Waals surface area contributed by atoms with E-state index in [1.165, 1.54) is 0 Å². The highest BCUT2D eigenvalue weighted by molar-refractivity contribution is 5.83. The minimum absolute atomic E-state index is 0.0533. The third-order valence-electron chi connectivity index (χ3n) is 3.37. The van der Waals surface area contributed by atoms with E-state index in [0.29, 0.717) is 12.5 Å². The molecule has 0 radical (unpaired) electrons. The zero-order valence-corrected chi connectivity index (χ0v) is 11.2. The fourth-order valence-corrected chi connectivity index (χ4v) is 1.92. The lowest BCUT2D eigenvalue weighted by atomic mass is 9.99. The molecule has 1 aromatic carbocycles. The summed E-state index contributed by atoms with van der Waals surface area (Å²) in [6, 6.07) is 9.77. The molecule has 0 aromatic heterocycles. The Bertz CT molecular complexity index is 351. The molecule has 0 saturated heterocycles. The van der Waals surface area contributed by atoms with Gasteiger partial charge in [0.05, 0.1) is 5.92 Å². The van der Waals surface area contributed by atoms with Gasteiger partial charge in [0.1, 0.15) is 0 Å². The van der Waals surface area contributed by atoms with Crippen LogP contribution >= 0.6 is 0 Å². The highest BCUT2D eigenvalue weighted by Gasteiger charge is 2.15. The van der Waals surface area contributed by atoms with Gasteiger partial charge in [-0.3, -0.25) is 4.79 Å². The second kappa shape index (κ2) is 7.88. The zero-order chi connectivity index (χ0) is 13.4. The first-order chi connectivity index (χ1) is 8.69. The van der Waals surface area contributed by atoms with Crippen LogP contribution in [0.5, 0.6) is 0 Å². The van der Waals surface area contributed by atoms with Crippen LogP contribution in [-0.4, -0.2) is 24.2 Å². The van der Waals surface area contributed by atoms with E-state index in [9.17, 15) is 4.79 Å².